The fourth-order valence-electron chi connectivity index (χ4n) is 5.73. The Kier molecular flexibility index (Phi) is 35.2. The number of nitrogens with one attached hydrogen (secondary N) is 1. The molecule has 0 aromatic carbocycles. The third-order valence-electron chi connectivity index (χ3n) is 8.98. The summed E-state index contributed by atoms with van der Waals surface area (Å²) in [6.45, 7) is 3.94. The van der Waals surface area contributed by atoms with Gasteiger partial charge in [0.15, 0.2) is 0 Å². The molecule has 0 rings (SSSR count). The van der Waals surface area contributed by atoms with Crippen LogP contribution in [0.3, 0.4) is 0 Å². The number of unbranched alkanes of at least 4 members (excludes halogenated alkanes) is 18. The average molecular weight is 676 g/mol. The lowest BCUT2D eigenvalue weighted by Crippen LogP contribution is -2.53. The van der Waals surface area contributed by atoms with E-state index in [1.54, 1.807) is 0 Å². The summed E-state index contributed by atoms with van der Waals surface area (Å²) >= 11 is 0. The van der Waals surface area contributed by atoms with Gasteiger partial charge in [-0.05, 0) is 83.5 Å². The van der Waals surface area contributed by atoms with Gasteiger partial charge in [-0.2, -0.15) is 0 Å². The van der Waals surface area contributed by atoms with Crippen molar-refractivity contribution < 1.29 is 25.2 Å². The molecule has 6 heteroatoms. The summed E-state index contributed by atoms with van der Waals surface area (Å²) in [4.78, 5) is 12.3. The fourth-order valence-corrected chi connectivity index (χ4v) is 5.73. The van der Waals surface area contributed by atoms with Crippen LogP contribution in [0.2, 0.25) is 0 Å². The highest BCUT2D eigenvalue weighted by molar-refractivity contribution is 5.80. The van der Waals surface area contributed by atoms with Crippen molar-refractivity contribution in [3.05, 3.63) is 48.6 Å². The molecule has 0 aliphatic carbocycles. The van der Waals surface area contributed by atoms with Crippen molar-refractivity contribution in [1.82, 2.24) is 5.32 Å². The number of allylic oxidation sites excluding steroid dienone is 8. The van der Waals surface area contributed by atoms with Gasteiger partial charge in [-0.15, -0.1) is 0 Å². The molecule has 0 aliphatic heterocycles. The number of hydrogen-bond acceptors (Lipinski definition) is 5. The lowest BCUT2D eigenvalue weighted by atomic mass is 10.0. The summed E-state index contributed by atoms with van der Waals surface area (Å²) in [5.41, 5.74) is 0. The first-order chi connectivity index (χ1) is 23.5. The molecule has 0 spiro atoms. The zero-order valence-electron chi connectivity index (χ0n) is 31.2. The number of hydrogen-bond donors (Lipinski definition) is 5. The van der Waals surface area contributed by atoms with Gasteiger partial charge in [0.2, 0.25) is 5.91 Å². The maximum absolute atomic E-state index is 12.3. The summed E-state index contributed by atoms with van der Waals surface area (Å²) in [5.74, 6) is -0.639. The van der Waals surface area contributed by atoms with Crippen LogP contribution in [0.4, 0.5) is 0 Å². The number of rotatable bonds is 35. The Morgan fingerprint density at radius 2 is 0.875 bits per heavy atom. The zero-order valence-corrected chi connectivity index (χ0v) is 31.2. The highest BCUT2D eigenvalue weighted by Gasteiger charge is 2.28. The van der Waals surface area contributed by atoms with Gasteiger partial charge in [0.05, 0.1) is 18.8 Å². The molecule has 4 atom stereocenters. The number of carbonyl (C=O) groups is 1. The lowest BCUT2D eigenvalue weighted by Gasteiger charge is -2.27. The Labute approximate surface area is 296 Å². The van der Waals surface area contributed by atoms with Crippen molar-refractivity contribution in [2.24, 2.45) is 0 Å². The molecule has 0 aliphatic rings. The summed E-state index contributed by atoms with van der Waals surface area (Å²) in [7, 11) is 0. The molecule has 0 bridgehead atoms. The van der Waals surface area contributed by atoms with Gasteiger partial charge in [-0.3, -0.25) is 4.79 Å². The quantitative estimate of drug-likeness (QED) is 0.0339. The molecule has 0 radical (unpaired) electrons. The smallest absolute Gasteiger partial charge is 0.249 e. The lowest BCUT2D eigenvalue weighted by molar-refractivity contribution is -0.132. The van der Waals surface area contributed by atoms with E-state index < -0.39 is 36.9 Å². The normalized spacial score (nSPS) is 14.9. The number of aliphatic hydroxyl groups is 4. The average Bonchev–Trinajstić information content (AvgIpc) is 3.09. The first-order valence-electron chi connectivity index (χ1n) is 20.0. The molecule has 48 heavy (non-hydrogen) atoms. The minimum absolute atomic E-state index is 0.271. The van der Waals surface area contributed by atoms with E-state index in [0.717, 1.165) is 44.9 Å². The van der Waals surface area contributed by atoms with E-state index in [1.807, 2.05) is 6.08 Å². The Balaban J connectivity index is 3.83. The predicted octanol–water partition coefficient (Wildman–Crippen LogP) is 9.95. The summed E-state index contributed by atoms with van der Waals surface area (Å²) in [6, 6.07) is -1.02. The summed E-state index contributed by atoms with van der Waals surface area (Å²) < 4.78 is 0. The first-order valence-corrected chi connectivity index (χ1v) is 20.0. The largest absolute Gasteiger partial charge is 0.394 e. The molecule has 1 amide bonds. The van der Waals surface area contributed by atoms with E-state index >= 15 is 0 Å². The van der Waals surface area contributed by atoms with Crippen molar-refractivity contribution in [2.45, 2.75) is 205 Å². The summed E-state index contributed by atoms with van der Waals surface area (Å²) in [5, 5.41) is 43.2. The van der Waals surface area contributed by atoms with E-state index in [4.69, 9.17) is 0 Å². The van der Waals surface area contributed by atoms with Crippen LogP contribution in [0.15, 0.2) is 48.6 Å². The van der Waals surface area contributed by atoms with Gasteiger partial charge < -0.3 is 25.7 Å². The second-order valence-corrected chi connectivity index (χ2v) is 13.6. The molecular weight excluding hydrogens is 598 g/mol. The standard InChI is InChI=1S/C42H77NO5/c1-3-5-7-9-11-13-14-15-16-17-18-19-20-21-22-23-24-25-26-27-28-30-31-33-35-39(45)41(47)38(37-44)43-42(48)40(46)36-34-32-29-12-10-8-6-4-2/h20-21,24-25,28-30,32,38-41,44-47H,3-19,22-23,26-27,31,33-37H2,1-2H3,(H,43,48)/b21-20+,25-24+,30-28+,32-29-. The van der Waals surface area contributed by atoms with Crippen molar-refractivity contribution in [3.8, 4) is 0 Å². The Morgan fingerprint density at radius 1 is 0.500 bits per heavy atom. The van der Waals surface area contributed by atoms with Crippen LogP contribution in [0.1, 0.15) is 181 Å². The van der Waals surface area contributed by atoms with E-state index in [1.165, 1.54) is 96.3 Å². The SMILES string of the molecule is CCCCCC/C=C\CCC(O)C(=O)NC(CO)C(O)C(O)CCC/C=C/CC/C=C/CC/C=C/CCCCCCCCCCCCC. The molecule has 6 nitrogen and oxygen atoms in total. The molecule has 0 saturated carbocycles. The minimum Gasteiger partial charge on any atom is -0.394 e. The molecule has 4 unspecified atom stereocenters. The van der Waals surface area contributed by atoms with Gasteiger partial charge in [0.25, 0.3) is 0 Å². The van der Waals surface area contributed by atoms with Gasteiger partial charge >= 0.3 is 0 Å². The molecule has 0 fully saturated rings. The minimum atomic E-state index is -1.30. The Hall–Kier alpha value is -1.73. The molecule has 280 valence electrons. The predicted molar refractivity (Wildman–Crippen MR) is 205 cm³/mol. The molecule has 0 aromatic heterocycles. The van der Waals surface area contributed by atoms with Gasteiger partial charge in [-0.1, -0.05) is 146 Å². The van der Waals surface area contributed by atoms with Crippen molar-refractivity contribution in [1.29, 1.82) is 0 Å². The van der Waals surface area contributed by atoms with Crippen LogP contribution >= 0.6 is 0 Å². The van der Waals surface area contributed by atoms with Crippen LogP contribution in [0.5, 0.6) is 0 Å². The van der Waals surface area contributed by atoms with E-state index in [-0.39, 0.29) is 6.42 Å². The van der Waals surface area contributed by atoms with Crippen molar-refractivity contribution in [3.63, 3.8) is 0 Å². The molecule has 0 saturated heterocycles. The molecule has 0 heterocycles. The first kappa shape index (κ1) is 46.3. The number of carbonyl (C=O) groups excluding carboxylic acids is 1. The monoisotopic (exact) mass is 676 g/mol. The van der Waals surface area contributed by atoms with Crippen LogP contribution in [-0.4, -0.2) is 57.3 Å². The maximum Gasteiger partial charge on any atom is 0.249 e. The highest BCUT2D eigenvalue weighted by atomic mass is 16.3. The van der Waals surface area contributed by atoms with E-state index in [2.05, 4.69) is 61.7 Å². The fraction of sp³-hybridized carbons (Fsp3) is 0.786. The topological polar surface area (TPSA) is 110 Å². The third kappa shape index (κ3) is 30.3. The van der Waals surface area contributed by atoms with Gasteiger partial charge in [0, 0.05) is 0 Å². The zero-order chi connectivity index (χ0) is 35.3. The Bertz CT molecular complexity index is 808. The van der Waals surface area contributed by atoms with Gasteiger partial charge in [0.1, 0.15) is 12.2 Å². The van der Waals surface area contributed by atoms with E-state index in [0.29, 0.717) is 19.3 Å². The molecular formula is C42H77NO5. The number of aliphatic hydroxyl groups excluding tert-OH is 4. The van der Waals surface area contributed by atoms with Crippen LogP contribution in [0, 0.1) is 0 Å². The Morgan fingerprint density at radius 3 is 1.33 bits per heavy atom. The van der Waals surface area contributed by atoms with Crippen molar-refractivity contribution >= 4 is 5.91 Å². The van der Waals surface area contributed by atoms with E-state index in [9.17, 15) is 25.2 Å². The second-order valence-electron chi connectivity index (χ2n) is 13.6. The van der Waals surface area contributed by atoms with Crippen molar-refractivity contribution in [2.75, 3.05) is 6.61 Å². The van der Waals surface area contributed by atoms with Crippen LogP contribution < -0.4 is 5.32 Å². The second kappa shape index (κ2) is 36.5. The van der Waals surface area contributed by atoms with Crippen LogP contribution in [0.25, 0.3) is 0 Å². The molecule has 0 aromatic rings. The third-order valence-corrected chi connectivity index (χ3v) is 8.98. The molecule has 5 N–H and O–H groups in total. The maximum atomic E-state index is 12.3. The summed E-state index contributed by atoms with van der Waals surface area (Å²) in [6.07, 6.45) is 43.2. The highest BCUT2D eigenvalue weighted by Crippen LogP contribution is 2.13. The number of amides is 1. The van der Waals surface area contributed by atoms with Gasteiger partial charge in [-0.25, -0.2) is 0 Å². The van der Waals surface area contributed by atoms with Crippen LogP contribution in [-0.2, 0) is 4.79 Å².